The molecule has 0 heterocycles. The maximum Gasteiger partial charge on any atom is 0.224 e. The largest absolute Gasteiger partial charge is 0.353 e. The van der Waals surface area contributed by atoms with Crippen molar-refractivity contribution in [3.63, 3.8) is 0 Å². The van der Waals surface area contributed by atoms with E-state index < -0.39 is 0 Å². The number of benzene rings is 1. The van der Waals surface area contributed by atoms with E-state index in [1.165, 1.54) is 68.1 Å². The molecule has 1 amide bonds. The molecule has 5 aliphatic rings. The van der Waals surface area contributed by atoms with Crippen LogP contribution in [-0.2, 0) is 24.1 Å². The lowest BCUT2D eigenvalue weighted by Crippen LogP contribution is -2.56. The van der Waals surface area contributed by atoms with E-state index in [0.29, 0.717) is 12.5 Å². The lowest BCUT2D eigenvalue weighted by Gasteiger charge is -2.54. The van der Waals surface area contributed by atoms with Crippen molar-refractivity contribution in [3.05, 3.63) is 34.9 Å². The van der Waals surface area contributed by atoms with Gasteiger partial charge in [-0.2, -0.15) is 0 Å². The molecule has 0 saturated heterocycles. The fourth-order valence-corrected chi connectivity index (χ4v) is 6.32. The van der Waals surface area contributed by atoms with Crippen LogP contribution in [0.15, 0.2) is 18.2 Å². The zero-order valence-corrected chi connectivity index (χ0v) is 13.9. The van der Waals surface area contributed by atoms with Crippen LogP contribution in [0.5, 0.6) is 0 Å². The van der Waals surface area contributed by atoms with E-state index in [-0.39, 0.29) is 5.91 Å². The van der Waals surface area contributed by atoms with Gasteiger partial charge in [-0.15, -0.1) is 0 Å². The summed E-state index contributed by atoms with van der Waals surface area (Å²) in [6.45, 7) is 0. The standard InChI is InChI=1S/C21H27NO/c23-20(12-13-4-5-16-2-1-3-17(16)7-13)22-21-18-8-14-6-15(10-18)11-19(21)9-14/h4-5,7,14-15,18-19,21H,1-3,6,8-12H2,(H,22,23). The average Bonchev–Trinajstić information content (AvgIpc) is 2.98. The number of hydrogen-bond donors (Lipinski definition) is 1. The third-order valence-corrected chi connectivity index (χ3v) is 7.08. The minimum Gasteiger partial charge on any atom is -0.353 e. The molecule has 122 valence electrons. The first-order valence-electron chi connectivity index (χ1n) is 9.64. The highest BCUT2D eigenvalue weighted by Gasteiger charge is 2.48. The molecule has 2 heteroatoms. The predicted octanol–water partition coefficient (Wildman–Crippen LogP) is 3.66. The van der Waals surface area contributed by atoms with Crippen LogP contribution in [0, 0.1) is 23.7 Å². The van der Waals surface area contributed by atoms with E-state index >= 15 is 0 Å². The van der Waals surface area contributed by atoms with Crippen molar-refractivity contribution >= 4 is 5.91 Å². The lowest BCUT2D eigenvalue weighted by atomic mass is 9.54. The zero-order valence-electron chi connectivity index (χ0n) is 13.9. The molecule has 4 fully saturated rings. The maximum absolute atomic E-state index is 12.6. The van der Waals surface area contributed by atoms with Crippen molar-refractivity contribution in [3.8, 4) is 0 Å². The Morgan fingerprint density at radius 2 is 1.65 bits per heavy atom. The van der Waals surface area contributed by atoms with Crippen LogP contribution in [0.1, 0.15) is 55.2 Å². The summed E-state index contributed by atoms with van der Waals surface area (Å²) in [5, 5.41) is 3.44. The number of amides is 1. The average molecular weight is 309 g/mol. The molecule has 4 saturated carbocycles. The molecule has 1 aromatic carbocycles. The quantitative estimate of drug-likeness (QED) is 0.907. The molecule has 4 bridgehead atoms. The van der Waals surface area contributed by atoms with Gasteiger partial charge in [-0.05, 0) is 91.7 Å². The van der Waals surface area contributed by atoms with Gasteiger partial charge in [0.2, 0.25) is 5.91 Å². The Labute approximate surface area is 139 Å². The summed E-state index contributed by atoms with van der Waals surface area (Å²) in [7, 11) is 0. The van der Waals surface area contributed by atoms with Crippen LogP contribution in [0.2, 0.25) is 0 Å². The molecule has 0 aromatic heterocycles. The second-order valence-electron chi connectivity index (χ2n) is 8.66. The van der Waals surface area contributed by atoms with Crippen LogP contribution < -0.4 is 5.32 Å². The Bertz CT molecular complexity index is 607. The smallest absolute Gasteiger partial charge is 0.224 e. The summed E-state index contributed by atoms with van der Waals surface area (Å²) < 4.78 is 0. The van der Waals surface area contributed by atoms with Gasteiger partial charge in [-0.1, -0.05) is 18.2 Å². The fourth-order valence-electron chi connectivity index (χ4n) is 6.32. The normalized spacial score (nSPS) is 37.0. The summed E-state index contributed by atoms with van der Waals surface area (Å²) >= 11 is 0. The predicted molar refractivity (Wildman–Crippen MR) is 91.1 cm³/mol. The van der Waals surface area contributed by atoms with E-state index in [4.69, 9.17) is 0 Å². The molecule has 1 aromatic rings. The molecule has 0 radical (unpaired) electrons. The summed E-state index contributed by atoms with van der Waals surface area (Å²) in [5.41, 5.74) is 4.17. The van der Waals surface area contributed by atoms with Crippen molar-refractivity contribution < 1.29 is 4.79 Å². The molecule has 0 atom stereocenters. The topological polar surface area (TPSA) is 29.1 Å². The maximum atomic E-state index is 12.6. The summed E-state index contributed by atoms with van der Waals surface area (Å²) in [6.07, 6.45) is 11.2. The molecule has 1 N–H and O–H groups in total. The van der Waals surface area contributed by atoms with Crippen molar-refractivity contribution in [1.82, 2.24) is 5.32 Å². The second kappa shape index (κ2) is 5.36. The second-order valence-corrected chi connectivity index (χ2v) is 8.66. The van der Waals surface area contributed by atoms with Crippen LogP contribution in [0.25, 0.3) is 0 Å². The van der Waals surface area contributed by atoms with E-state index in [2.05, 4.69) is 23.5 Å². The zero-order chi connectivity index (χ0) is 15.4. The highest BCUT2D eigenvalue weighted by Crippen LogP contribution is 2.53. The van der Waals surface area contributed by atoms with Crippen LogP contribution in [0.3, 0.4) is 0 Å². The molecule has 6 rings (SSSR count). The van der Waals surface area contributed by atoms with Crippen LogP contribution in [0.4, 0.5) is 0 Å². The minimum absolute atomic E-state index is 0.250. The number of nitrogens with one attached hydrogen (secondary N) is 1. The van der Waals surface area contributed by atoms with Crippen molar-refractivity contribution in [2.75, 3.05) is 0 Å². The number of fused-ring (bicyclic) bond motifs is 1. The molecule has 0 unspecified atom stereocenters. The third-order valence-electron chi connectivity index (χ3n) is 7.08. The number of carbonyl (C=O) groups is 1. The van der Waals surface area contributed by atoms with E-state index in [1.54, 1.807) is 0 Å². The highest BCUT2D eigenvalue weighted by molar-refractivity contribution is 5.79. The summed E-state index contributed by atoms with van der Waals surface area (Å²) in [6, 6.07) is 7.16. The Hall–Kier alpha value is -1.31. The Balaban J connectivity index is 1.25. The lowest BCUT2D eigenvalue weighted by molar-refractivity contribution is -0.124. The highest BCUT2D eigenvalue weighted by atomic mass is 16.1. The van der Waals surface area contributed by atoms with Gasteiger partial charge in [0, 0.05) is 6.04 Å². The Kier molecular flexibility index (Phi) is 3.28. The first-order chi connectivity index (χ1) is 11.2. The van der Waals surface area contributed by atoms with Crippen LogP contribution in [-0.4, -0.2) is 11.9 Å². The van der Waals surface area contributed by atoms with Gasteiger partial charge in [0.25, 0.3) is 0 Å². The monoisotopic (exact) mass is 309 g/mol. The summed E-state index contributed by atoms with van der Waals surface area (Å²) in [5.74, 6) is 3.75. The molecule has 23 heavy (non-hydrogen) atoms. The summed E-state index contributed by atoms with van der Waals surface area (Å²) in [4.78, 5) is 12.6. The Morgan fingerprint density at radius 1 is 0.957 bits per heavy atom. The molecular formula is C21H27NO. The first kappa shape index (κ1) is 14.1. The fraction of sp³-hybridized carbons (Fsp3) is 0.667. The SMILES string of the molecule is O=C(Cc1ccc2c(c1)CCC2)NC1C2CC3CC(C2)CC1C3. The van der Waals surface area contributed by atoms with Gasteiger partial charge in [-0.3, -0.25) is 4.79 Å². The van der Waals surface area contributed by atoms with Gasteiger partial charge in [-0.25, -0.2) is 0 Å². The van der Waals surface area contributed by atoms with Gasteiger partial charge >= 0.3 is 0 Å². The molecule has 2 nitrogen and oxygen atoms in total. The number of hydrogen-bond acceptors (Lipinski definition) is 1. The van der Waals surface area contributed by atoms with Crippen LogP contribution >= 0.6 is 0 Å². The van der Waals surface area contributed by atoms with E-state index in [1.807, 2.05) is 0 Å². The number of rotatable bonds is 3. The molecular weight excluding hydrogens is 282 g/mol. The molecule has 0 spiro atoms. The number of carbonyl (C=O) groups excluding carboxylic acids is 1. The first-order valence-corrected chi connectivity index (χ1v) is 9.64. The van der Waals surface area contributed by atoms with Crippen molar-refractivity contribution in [2.24, 2.45) is 23.7 Å². The third kappa shape index (κ3) is 2.51. The Morgan fingerprint density at radius 3 is 2.39 bits per heavy atom. The minimum atomic E-state index is 0.250. The number of aryl methyl sites for hydroxylation is 2. The molecule has 0 aliphatic heterocycles. The van der Waals surface area contributed by atoms with Crippen molar-refractivity contribution in [2.45, 2.75) is 63.8 Å². The molecule has 5 aliphatic carbocycles. The van der Waals surface area contributed by atoms with Gasteiger partial charge in [0.1, 0.15) is 0 Å². The van der Waals surface area contributed by atoms with Gasteiger partial charge < -0.3 is 5.32 Å². The van der Waals surface area contributed by atoms with Gasteiger partial charge in [0.05, 0.1) is 6.42 Å². The van der Waals surface area contributed by atoms with E-state index in [0.717, 1.165) is 23.7 Å². The van der Waals surface area contributed by atoms with Gasteiger partial charge in [0.15, 0.2) is 0 Å². The van der Waals surface area contributed by atoms with Crippen molar-refractivity contribution in [1.29, 1.82) is 0 Å². The van der Waals surface area contributed by atoms with E-state index in [9.17, 15) is 4.79 Å².